The van der Waals surface area contributed by atoms with Gasteiger partial charge in [0.05, 0.1) is 6.61 Å². The standard InChI is InChI=1S/C13H29N3O/c1-4-13-12-16(10-9-15(13)3)8-6-14-7-11-17-5-2/h13-14H,4-12H2,1-3H3. The molecule has 1 rings (SSSR count). The minimum atomic E-state index is 0.743. The summed E-state index contributed by atoms with van der Waals surface area (Å²) in [5, 5.41) is 3.43. The van der Waals surface area contributed by atoms with Crippen molar-refractivity contribution < 1.29 is 4.74 Å². The number of nitrogens with zero attached hydrogens (tertiary/aromatic N) is 2. The van der Waals surface area contributed by atoms with Crippen molar-refractivity contribution in [2.45, 2.75) is 26.3 Å². The van der Waals surface area contributed by atoms with Crippen LogP contribution in [0.2, 0.25) is 0 Å². The predicted molar refractivity (Wildman–Crippen MR) is 72.5 cm³/mol. The fraction of sp³-hybridized carbons (Fsp3) is 1.00. The monoisotopic (exact) mass is 243 g/mol. The Kier molecular flexibility index (Phi) is 7.77. The van der Waals surface area contributed by atoms with Gasteiger partial charge in [0, 0.05) is 51.9 Å². The summed E-state index contributed by atoms with van der Waals surface area (Å²) >= 11 is 0. The zero-order chi connectivity index (χ0) is 12.5. The molecule has 1 unspecified atom stereocenters. The Hall–Kier alpha value is -0.160. The molecule has 1 atom stereocenters. The minimum Gasteiger partial charge on any atom is -0.380 e. The number of nitrogens with one attached hydrogen (secondary N) is 1. The van der Waals surface area contributed by atoms with E-state index in [-0.39, 0.29) is 0 Å². The Balaban J connectivity index is 2.03. The Morgan fingerprint density at radius 3 is 2.76 bits per heavy atom. The van der Waals surface area contributed by atoms with Crippen LogP contribution in [-0.4, -0.2) is 75.4 Å². The van der Waals surface area contributed by atoms with E-state index in [1.807, 2.05) is 6.92 Å². The average molecular weight is 243 g/mol. The van der Waals surface area contributed by atoms with Gasteiger partial charge in [0.1, 0.15) is 0 Å². The van der Waals surface area contributed by atoms with E-state index in [0.717, 1.165) is 38.9 Å². The van der Waals surface area contributed by atoms with Gasteiger partial charge in [-0.25, -0.2) is 0 Å². The highest BCUT2D eigenvalue weighted by molar-refractivity contribution is 4.79. The van der Waals surface area contributed by atoms with Gasteiger partial charge >= 0.3 is 0 Å². The van der Waals surface area contributed by atoms with Crippen molar-refractivity contribution in [3.63, 3.8) is 0 Å². The number of piperazine rings is 1. The molecule has 1 aliphatic rings. The first-order valence-corrected chi connectivity index (χ1v) is 6.99. The van der Waals surface area contributed by atoms with E-state index < -0.39 is 0 Å². The third-order valence-electron chi connectivity index (χ3n) is 3.56. The fourth-order valence-electron chi connectivity index (χ4n) is 2.31. The van der Waals surface area contributed by atoms with Crippen molar-refractivity contribution in [2.75, 3.05) is 59.5 Å². The number of hydrogen-bond acceptors (Lipinski definition) is 4. The van der Waals surface area contributed by atoms with E-state index in [2.05, 4.69) is 29.1 Å². The SMILES string of the molecule is CCOCCNCCN1CCN(C)C(CC)C1. The van der Waals surface area contributed by atoms with Crippen molar-refractivity contribution in [3.8, 4) is 0 Å². The first-order chi connectivity index (χ1) is 8.27. The van der Waals surface area contributed by atoms with E-state index in [0.29, 0.717) is 0 Å². The highest BCUT2D eigenvalue weighted by atomic mass is 16.5. The van der Waals surface area contributed by atoms with Crippen LogP contribution in [0.3, 0.4) is 0 Å². The maximum absolute atomic E-state index is 5.29. The van der Waals surface area contributed by atoms with Gasteiger partial charge in [-0.1, -0.05) is 6.92 Å². The van der Waals surface area contributed by atoms with Crippen LogP contribution in [0.1, 0.15) is 20.3 Å². The fourth-order valence-corrected chi connectivity index (χ4v) is 2.31. The number of ether oxygens (including phenoxy) is 1. The Bertz CT molecular complexity index is 190. The Morgan fingerprint density at radius 1 is 1.24 bits per heavy atom. The molecule has 0 radical (unpaired) electrons. The molecule has 0 aliphatic carbocycles. The van der Waals surface area contributed by atoms with Crippen LogP contribution in [0, 0.1) is 0 Å². The third-order valence-corrected chi connectivity index (χ3v) is 3.56. The van der Waals surface area contributed by atoms with Gasteiger partial charge in [-0.3, -0.25) is 4.90 Å². The molecule has 0 saturated carbocycles. The van der Waals surface area contributed by atoms with Crippen molar-refractivity contribution in [3.05, 3.63) is 0 Å². The molecule has 0 bridgehead atoms. The second kappa shape index (κ2) is 8.86. The average Bonchev–Trinajstić information content (AvgIpc) is 2.35. The molecule has 1 heterocycles. The van der Waals surface area contributed by atoms with E-state index in [9.17, 15) is 0 Å². The van der Waals surface area contributed by atoms with Crippen LogP contribution >= 0.6 is 0 Å². The number of hydrogen-bond donors (Lipinski definition) is 1. The topological polar surface area (TPSA) is 27.7 Å². The number of likely N-dealkylation sites (N-methyl/N-ethyl adjacent to an activating group) is 1. The quantitative estimate of drug-likeness (QED) is 0.633. The van der Waals surface area contributed by atoms with Gasteiger partial charge < -0.3 is 15.0 Å². The summed E-state index contributed by atoms with van der Waals surface area (Å²) in [6, 6.07) is 0.743. The molecule has 17 heavy (non-hydrogen) atoms. The smallest absolute Gasteiger partial charge is 0.0590 e. The van der Waals surface area contributed by atoms with E-state index in [1.165, 1.54) is 26.1 Å². The molecule has 1 aliphatic heterocycles. The molecule has 4 nitrogen and oxygen atoms in total. The highest BCUT2D eigenvalue weighted by Crippen LogP contribution is 2.09. The molecule has 1 N–H and O–H groups in total. The van der Waals surface area contributed by atoms with Gasteiger partial charge in [-0.15, -0.1) is 0 Å². The van der Waals surface area contributed by atoms with Crippen molar-refractivity contribution in [1.29, 1.82) is 0 Å². The van der Waals surface area contributed by atoms with Crippen molar-refractivity contribution in [2.24, 2.45) is 0 Å². The van der Waals surface area contributed by atoms with E-state index >= 15 is 0 Å². The lowest BCUT2D eigenvalue weighted by Crippen LogP contribution is -2.52. The molecule has 102 valence electrons. The predicted octanol–water partition coefficient (Wildman–Crippen LogP) is 0.639. The zero-order valence-corrected chi connectivity index (χ0v) is 11.7. The summed E-state index contributed by atoms with van der Waals surface area (Å²) in [6.07, 6.45) is 1.25. The van der Waals surface area contributed by atoms with E-state index in [1.54, 1.807) is 0 Å². The molecule has 0 spiro atoms. The number of rotatable bonds is 8. The minimum absolute atomic E-state index is 0.743. The molecule has 4 heteroatoms. The second-order valence-electron chi connectivity index (χ2n) is 4.79. The van der Waals surface area contributed by atoms with Gasteiger partial charge in [0.25, 0.3) is 0 Å². The van der Waals surface area contributed by atoms with Crippen LogP contribution in [0.4, 0.5) is 0 Å². The van der Waals surface area contributed by atoms with Crippen LogP contribution in [0.5, 0.6) is 0 Å². The summed E-state index contributed by atoms with van der Waals surface area (Å²) < 4.78 is 5.29. The van der Waals surface area contributed by atoms with Crippen molar-refractivity contribution >= 4 is 0 Å². The van der Waals surface area contributed by atoms with E-state index in [4.69, 9.17) is 4.74 Å². The van der Waals surface area contributed by atoms with Crippen LogP contribution < -0.4 is 5.32 Å². The molecule has 0 aromatic heterocycles. The normalized spacial score (nSPS) is 23.1. The molecule has 1 saturated heterocycles. The van der Waals surface area contributed by atoms with Gasteiger partial charge in [-0.2, -0.15) is 0 Å². The second-order valence-corrected chi connectivity index (χ2v) is 4.79. The molecule has 0 aromatic carbocycles. The lowest BCUT2D eigenvalue weighted by molar-refractivity contribution is 0.0928. The Labute approximate surface area is 106 Å². The summed E-state index contributed by atoms with van der Waals surface area (Å²) in [5.41, 5.74) is 0. The van der Waals surface area contributed by atoms with Crippen LogP contribution in [-0.2, 0) is 4.74 Å². The van der Waals surface area contributed by atoms with Gasteiger partial charge in [-0.05, 0) is 20.4 Å². The first kappa shape index (κ1) is 14.9. The summed E-state index contributed by atoms with van der Waals surface area (Å²) in [7, 11) is 2.24. The highest BCUT2D eigenvalue weighted by Gasteiger charge is 2.21. The first-order valence-electron chi connectivity index (χ1n) is 6.99. The lowest BCUT2D eigenvalue weighted by Gasteiger charge is -2.39. The van der Waals surface area contributed by atoms with Crippen LogP contribution in [0.15, 0.2) is 0 Å². The summed E-state index contributed by atoms with van der Waals surface area (Å²) in [6.45, 7) is 12.8. The lowest BCUT2D eigenvalue weighted by atomic mass is 10.1. The molecule has 0 amide bonds. The Morgan fingerprint density at radius 2 is 2.06 bits per heavy atom. The molecular formula is C13H29N3O. The third kappa shape index (κ3) is 5.82. The largest absolute Gasteiger partial charge is 0.380 e. The summed E-state index contributed by atoms with van der Waals surface area (Å²) in [4.78, 5) is 5.06. The van der Waals surface area contributed by atoms with Crippen molar-refractivity contribution in [1.82, 2.24) is 15.1 Å². The maximum atomic E-state index is 5.29. The van der Waals surface area contributed by atoms with Gasteiger partial charge in [0.2, 0.25) is 0 Å². The van der Waals surface area contributed by atoms with Gasteiger partial charge in [0.15, 0.2) is 0 Å². The zero-order valence-electron chi connectivity index (χ0n) is 11.7. The molecule has 1 fully saturated rings. The molecule has 0 aromatic rings. The van der Waals surface area contributed by atoms with Crippen LogP contribution in [0.25, 0.3) is 0 Å². The maximum Gasteiger partial charge on any atom is 0.0590 e. The summed E-state index contributed by atoms with van der Waals surface area (Å²) in [5.74, 6) is 0. The molecular weight excluding hydrogens is 214 g/mol.